The lowest BCUT2D eigenvalue weighted by molar-refractivity contribution is 0.397. The van der Waals surface area contributed by atoms with Crippen LogP contribution in [-0.4, -0.2) is 34.4 Å². The van der Waals surface area contributed by atoms with Crippen LogP contribution >= 0.6 is 0 Å². The maximum absolute atomic E-state index is 11.1. The van der Waals surface area contributed by atoms with Crippen molar-refractivity contribution >= 4 is 10.8 Å². The monoisotopic (exact) mass is 256 g/mol. The molecule has 0 spiro atoms. The minimum atomic E-state index is -0.732. The average Bonchev–Trinajstić information content (AvgIpc) is 2.35. The fraction of sp³-hybridized carbons (Fsp3) is 0.583. The first-order valence-corrected chi connectivity index (χ1v) is 7.27. The molecule has 4 nitrogen and oxygen atoms in total. The summed E-state index contributed by atoms with van der Waals surface area (Å²) in [5.41, 5.74) is 1.12. The summed E-state index contributed by atoms with van der Waals surface area (Å²) in [7, 11) is 0.872. The zero-order chi connectivity index (χ0) is 12.7. The Bertz CT molecular complexity index is 354. The molecule has 0 saturated heterocycles. The van der Waals surface area contributed by atoms with E-state index in [4.69, 9.17) is 4.74 Å². The topological polar surface area (TPSA) is 51.2 Å². The molecular weight excluding hydrogens is 236 g/mol. The molecule has 0 aliphatic rings. The van der Waals surface area contributed by atoms with Crippen LogP contribution in [0.2, 0.25) is 0 Å². The van der Waals surface area contributed by atoms with Gasteiger partial charge in [-0.15, -0.1) is 0 Å². The van der Waals surface area contributed by atoms with E-state index in [1.165, 1.54) is 0 Å². The molecule has 17 heavy (non-hydrogen) atoms. The van der Waals surface area contributed by atoms with Gasteiger partial charge in [-0.05, 0) is 18.5 Å². The Hall–Kier alpha value is -0.940. The van der Waals surface area contributed by atoms with E-state index in [9.17, 15) is 4.21 Å². The first kappa shape index (κ1) is 14.1. The highest BCUT2D eigenvalue weighted by molar-refractivity contribution is 7.84. The third-order valence-corrected chi connectivity index (χ3v) is 4.00. The summed E-state index contributed by atoms with van der Waals surface area (Å²) in [6.45, 7) is 3.65. The van der Waals surface area contributed by atoms with Crippen molar-refractivity contribution in [2.75, 3.05) is 19.9 Å². The number of hydrogen-bond donors (Lipinski definition) is 1. The van der Waals surface area contributed by atoms with Crippen molar-refractivity contribution in [2.45, 2.75) is 25.1 Å². The van der Waals surface area contributed by atoms with Crippen LogP contribution in [0.15, 0.2) is 18.3 Å². The van der Waals surface area contributed by atoms with E-state index >= 15 is 0 Å². The summed E-state index contributed by atoms with van der Waals surface area (Å²) in [6, 6.07) is 3.83. The largest absolute Gasteiger partial charge is 0.481 e. The van der Waals surface area contributed by atoms with Gasteiger partial charge in [0.05, 0.1) is 7.11 Å². The van der Waals surface area contributed by atoms with E-state index < -0.39 is 10.8 Å². The number of hydrogen-bond acceptors (Lipinski definition) is 4. The molecule has 5 heteroatoms. The molecule has 0 aliphatic heterocycles. The normalized spacial score (nSPS) is 14.3. The summed E-state index contributed by atoms with van der Waals surface area (Å²) in [6.07, 6.45) is 4.47. The SMILES string of the molecule is COc1ccc(CNCCC(C)S(C)=O)cn1. The smallest absolute Gasteiger partial charge is 0.212 e. The third-order valence-electron chi connectivity index (χ3n) is 2.63. The number of methoxy groups -OCH3 is 1. The van der Waals surface area contributed by atoms with E-state index in [0.29, 0.717) is 5.88 Å². The zero-order valence-electron chi connectivity index (χ0n) is 10.6. The van der Waals surface area contributed by atoms with Gasteiger partial charge in [-0.2, -0.15) is 0 Å². The summed E-state index contributed by atoms with van der Waals surface area (Å²) in [4.78, 5) is 4.13. The predicted molar refractivity (Wildman–Crippen MR) is 70.6 cm³/mol. The number of rotatable bonds is 7. The Kier molecular flexibility index (Phi) is 6.15. The highest BCUT2D eigenvalue weighted by atomic mass is 32.2. The molecule has 2 atom stereocenters. The zero-order valence-corrected chi connectivity index (χ0v) is 11.4. The van der Waals surface area contributed by atoms with Crippen LogP contribution < -0.4 is 10.1 Å². The number of ether oxygens (including phenoxy) is 1. The van der Waals surface area contributed by atoms with Gasteiger partial charge in [-0.3, -0.25) is 4.21 Å². The van der Waals surface area contributed by atoms with Gasteiger partial charge in [0, 0.05) is 41.1 Å². The molecule has 1 N–H and O–H groups in total. The Balaban J connectivity index is 2.24. The number of aromatic nitrogens is 1. The number of pyridine rings is 1. The van der Waals surface area contributed by atoms with E-state index in [1.54, 1.807) is 19.6 Å². The van der Waals surface area contributed by atoms with Gasteiger partial charge < -0.3 is 10.1 Å². The van der Waals surface area contributed by atoms with Crippen molar-refractivity contribution in [2.24, 2.45) is 0 Å². The molecule has 0 amide bonds. The average molecular weight is 256 g/mol. The second-order valence-corrected chi connectivity index (χ2v) is 5.79. The predicted octanol–water partition coefficient (Wildman–Crippen LogP) is 1.34. The molecule has 0 bridgehead atoms. The molecule has 0 aliphatic carbocycles. The second-order valence-electron chi connectivity index (χ2n) is 3.98. The van der Waals surface area contributed by atoms with Crippen LogP contribution in [-0.2, 0) is 17.3 Å². The highest BCUT2D eigenvalue weighted by Gasteiger charge is 2.04. The van der Waals surface area contributed by atoms with Gasteiger partial charge in [0.2, 0.25) is 5.88 Å². The summed E-state index contributed by atoms with van der Waals surface area (Å²) >= 11 is 0. The fourth-order valence-corrected chi connectivity index (χ4v) is 1.79. The van der Waals surface area contributed by atoms with E-state index in [-0.39, 0.29) is 5.25 Å². The Morgan fingerprint density at radius 3 is 2.82 bits per heavy atom. The summed E-state index contributed by atoms with van der Waals surface area (Å²) in [5, 5.41) is 3.56. The maximum atomic E-state index is 11.1. The lowest BCUT2D eigenvalue weighted by Gasteiger charge is -2.09. The van der Waals surface area contributed by atoms with E-state index in [0.717, 1.165) is 25.1 Å². The van der Waals surface area contributed by atoms with Crippen molar-refractivity contribution < 1.29 is 8.95 Å². The molecule has 1 rings (SSSR count). The molecule has 0 fully saturated rings. The van der Waals surface area contributed by atoms with Crippen molar-refractivity contribution in [3.8, 4) is 5.88 Å². The maximum Gasteiger partial charge on any atom is 0.212 e. The van der Waals surface area contributed by atoms with Crippen molar-refractivity contribution in [1.29, 1.82) is 0 Å². The Morgan fingerprint density at radius 2 is 2.29 bits per heavy atom. The minimum absolute atomic E-state index is 0.247. The van der Waals surface area contributed by atoms with Gasteiger partial charge in [0.25, 0.3) is 0 Å². The first-order chi connectivity index (χ1) is 8.13. The summed E-state index contributed by atoms with van der Waals surface area (Å²) < 4.78 is 16.1. The van der Waals surface area contributed by atoms with Crippen molar-refractivity contribution in [3.05, 3.63) is 23.9 Å². The van der Waals surface area contributed by atoms with Crippen LogP contribution in [0.3, 0.4) is 0 Å². The van der Waals surface area contributed by atoms with E-state index in [2.05, 4.69) is 10.3 Å². The lowest BCUT2D eigenvalue weighted by Crippen LogP contribution is -2.21. The Labute approximate surface area is 105 Å². The Morgan fingerprint density at radius 1 is 1.53 bits per heavy atom. The fourth-order valence-electron chi connectivity index (χ4n) is 1.34. The molecule has 96 valence electrons. The van der Waals surface area contributed by atoms with Crippen LogP contribution in [0.5, 0.6) is 5.88 Å². The van der Waals surface area contributed by atoms with Gasteiger partial charge in [-0.25, -0.2) is 4.98 Å². The van der Waals surface area contributed by atoms with Crippen LogP contribution in [0.25, 0.3) is 0 Å². The molecule has 0 aromatic carbocycles. The van der Waals surface area contributed by atoms with Gasteiger partial charge in [-0.1, -0.05) is 13.0 Å². The van der Waals surface area contributed by atoms with Gasteiger partial charge >= 0.3 is 0 Å². The third kappa shape index (κ3) is 5.28. The molecule has 0 radical (unpaired) electrons. The molecule has 1 aromatic heterocycles. The second kappa shape index (κ2) is 7.40. The number of nitrogens with zero attached hydrogens (tertiary/aromatic N) is 1. The van der Waals surface area contributed by atoms with Crippen LogP contribution in [0.4, 0.5) is 0 Å². The van der Waals surface area contributed by atoms with Crippen LogP contribution in [0.1, 0.15) is 18.9 Å². The summed E-state index contributed by atoms with van der Waals surface area (Å²) in [5.74, 6) is 0.628. The quantitative estimate of drug-likeness (QED) is 0.748. The van der Waals surface area contributed by atoms with Crippen molar-refractivity contribution in [1.82, 2.24) is 10.3 Å². The molecule has 0 saturated carbocycles. The molecule has 2 unspecified atom stereocenters. The van der Waals surface area contributed by atoms with E-state index in [1.807, 2.05) is 19.1 Å². The molecule has 1 heterocycles. The number of nitrogens with one attached hydrogen (secondary N) is 1. The van der Waals surface area contributed by atoms with Gasteiger partial charge in [0.1, 0.15) is 0 Å². The first-order valence-electron chi connectivity index (χ1n) is 5.65. The lowest BCUT2D eigenvalue weighted by atomic mass is 10.2. The minimum Gasteiger partial charge on any atom is -0.481 e. The molecule has 1 aromatic rings. The molecular formula is C12H20N2O2S. The van der Waals surface area contributed by atoms with Gasteiger partial charge in [0.15, 0.2) is 0 Å². The highest BCUT2D eigenvalue weighted by Crippen LogP contribution is 2.06. The standard InChI is InChI=1S/C12H20N2O2S/c1-10(17(3)15)6-7-13-8-11-4-5-12(16-2)14-9-11/h4-5,9-10,13H,6-8H2,1-3H3. The van der Waals surface area contributed by atoms with Crippen LogP contribution in [0, 0.1) is 0 Å². The van der Waals surface area contributed by atoms with Crippen molar-refractivity contribution in [3.63, 3.8) is 0 Å².